The molecule has 0 heterocycles. The number of amidine groups is 1. The third-order valence-electron chi connectivity index (χ3n) is 5.93. The first kappa shape index (κ1) is 26.0. The summed E-state index contributed by atoms with van der Waals surface area (Å²) in [6.45, 7) is 0.330. The van der Waals surface area contributed by atoms with Crippen LogP contribution >= 0.6 is 0 Å². The fourth-order valence-corrected chi connectivity index (χ4v) is 3.89. The van der Waals surface area contributed by atoms with Gasteiger partial charge in [0.25, 0.3) is 5.91 Å². The number of methoxy groups -OCH3 is 1. The van der Waals surface area contributed by atoms with Crippen LogP contribution in [0.15, 0.2) is 103 Å². The number of anilines is 2. The van der Waals surface area contributed by atoms with Crippen molar-refractivity contribution < 1.29 is 14.3 Å². The Balaban J connectivity index is 1.69. The lowest BCUT2D eigenvalue weighted by Gasteiger charge is -2.23. The minimum Gasteiger partial charge on any atom is -0.497 e. The van der Waals surface area contributed by atoms with Crippen molar-refractivity contribution >= 4 is 29.0 Å². The van der Waals surface area contributed by atoms with Gasteiger partial charge < -0.3 is 26.4 Å². The zero-order valence-electron chi connectivity index (χ0n) is 20.9. The van der Waals surface area contributed by atoms with E-state index < -0.39 is 6.04 Å². The Morgan fingerprint density at radius 1 is 0.868 bits per heavy atom. The molecule has 0 aliphatic rings. The molecule has 0 aliphatic carbocycles. The van der Waals surface area contributed by atoms with Crippen LogP contribution in [-0.4, -0.2) is 24.8 Å². The van der Waals surface area contributed by atoms with E-state index in [2.05, 4.69) is 16.0 Å². The van der Waals surface area contributed by atoms with Gasteiger partial charge in [0.1, 0.15) is 17.6 Å². The van der Waals surface area contributed by atoms with Crippen LogP contribution in [0.2, 0.25) is 0 Å². The summed E-state index contributed by atoms with van der Waals surface area (Å²) in [6, 6.07) is 29.6. The van der Waals surface area contributed by atoms with E-state index in [0.29, 0.717) is 40.4 Å². The van der Waals surface area contributed by atoms with Gasteiger partial charge in [-0.2, -0.15) is 0 Å². The van der Waals surface area contributed by atoms with Crippen LogP contribution in [-0.2, 0) is 11.3 Å². The van der Waals surface area contributed by atoms with Gasteiger partial charge in [-0.05, 0) is 60.2 Å². The molecule has 0 radical (unpaired) electrons. The molecule has 8 nitrogen and oxygen atoms in total. The highest BCUT2D eigenvalue weighted by molar-refractivity contribution is 6.05. The monoisotopic (exact) mass is 507 g/mol. The smallest absolute Gasteiger partial charge is 0.255 e. The van der Waals surface area contributed by atoms with Gasteiger partial charge in [-0.1, -0.05) is 48.5 Å². The molecular weight excluding hydrogens is 478 g/mol. The van der Waals surface area contributed by atoms with Crippen molar-refractivity contribution in [1.29, 1.82) is 5.41 Å². The van der Waals surface area contributed by atoms with Crippen molar-refractivity contribution in [3.05, 3.63) is 125 Å². The molecular formula is C30H29N5O3. The molecule has 2 amide bonds. The number of nitrogens with two attached hydrogens (primary N) is 1. The molecule has 6 N–H and O–H groups in total. The maximum Gasteiger partial charge on any atom is 0.255 e. The summed E-state index contributed by atoms with van der Waals surface area (Å²) in [7, 11) is 1.54. The third-order valence-corrected chi connectivity index (χ3v) is 5.93. The second-order valence-corrected chi connectivity index (χ2v) is 8.55. The molecule has 0 aliphatic heterocycles. The zero-order valence-corrected chi connectivity index (χ0v) is 20.9. The van der Waals surface area contributed by atoms with E-state index in [0.717, 1.165) is 5.56 Å². The predicted molar refractivity (Wildman–Crippen MR) is 149 cm³/mol. The average Bonchev–Trinajstić information content (AvgIpc) is 2.96. The summed E-state index contributed by atoms with van der Waals surface area (Å²) in [5.41, 5.74) is 9.23. The number of hydrogen-bond donors (Lipinski definition) is 5. The molecule has 4 aromatic rings. The highest BCUT2D eigenvalue weighted by Gasteiger charge is 2.25. The first-order valence-electron chi connectivity index (χ1n) is 12.0. The quantitative estimate of drug-likeness (QED) is 0.157. The number of carbonyl (C=O) groups excluding carboxylic acids is 2. The van der Waals surface area contributed by atoms with Gasteiger partial charge in [-0.25, -0.2) is 0 Å². The topological polar surface area (TPSA) is 129 Å². The van der Waals surface area contributed by atoms with Crippen molar-refractivity contribution in [2.45, 2.75) is 12.6 Å². The fourth-order valence-electron chi connectivity index (χ4n) is 3.89. The van der Waals surface area contributed by atoms with Gasteiger partial charge in [0.2, 0.25) is 5.91 Å². The van der Waals surface area contributed by atoms with E-state index in [4.69, 9.17) is 15.9 Å². The Kier molecular flexibility index (Phi) is 8.35. The van der Waals surface area contributed by atoms with Crippen molar-refractivity contribution in [2.24, 2.45) is 5.73 Å². The van der Waals surface area contributed by atoms with E-state index in [-0.39, 0.29) is 17.6 Å². The Hall–Kier alpha value is -5.11. The summed E-state index contributed by atoms with van der Waals surface area (Å²) >= 11 is 0. The van der Waals surface area contributed by atoms with Gasteiger partial charge in [0, 0.05) is 34.6 Å². The van der Waals surface area contributed by atoms with E-state index in [1.54, 1.807) is 73.8 Å². The second-order valence-electron chi connectivity index (χ2n) is 8.55. The maximum atomic E-state index is 13.6. The molecule has 192 valence electrons. The summed E-state index contributed by atoms with van der Waals surface area (Å²) in [6.07, 6.45) is 0. The van der Waals surface area contributed by atoms with E-state index in [9.17, 15) is 9.59 Å². The average molecular weight is 508 g/mol. The number of nitrogens with one attached hydrogen (secondary N) is 4. The molecule has 0 saturated carbocycles. The van der Waals surface area contributed by atoms with Crippen LogP contribution in [0.3, 0.4) is 0 Å². The first-order valence-corrected chi connectivity index (χ1v) is 12.0. The normalized spacial score (nSPS) is 11.2. The van der Waals surface area contributed by atoms with Crippen LogP contribution in [0, 0.1) is 5.41 Å². The largest absolute Gasteiger partial charge is 0.497 e. The van der Waals surface area contributed by atoms with E-state index >= 15 is 0 Å². The molecule has 38 heavy (non-hydrogen) atoms. The Labute approximate surface area is 221 Å². The van der Waals surface area contributed by atoms with Crippen LogP contribution in [0.25, 0.3) is 0 Å². The van der Waals surface area contributed by atoms with Crippen LogP contribution in [0.4, 0.5) is 11.4 Å². The second kappa shape index (κ2) is 12.2. The van der Waals surface area contributed by atoms with Crippen molar-refractivity contribution in [3.8, 4) is 5.75 Å². The molecule has 0 bridgehead atoms. The number of nitrogen functional groups attached to an aromatic ring is 1. The van der Waals surface area contributed by atoms with Gasteiger partial charge >= 0.3 is 0 Å². The minimum atomic E-state index is -0.886. The van der Waals surface area contributed by atoms with Crippen LogP contribution in [0.1, 0.15) is 33.1 Å². The van der Waals surface area contributed by atoms with Crippen molar-refractivity contribution in [3.63, 3.8) is 0 Å². The van der Waals surface area contributed by atoms with E-state index in [1.165, 1.54) is 0 Å². The van der Waals surface area contributed by atoms with E-state index in [1.807, 2.05) is 36.4 Å². The fraction of sp³-hybridized carbons (Fsp3) is 0.100. The molecule has 0 saturated heterocycles. The number of carbonyl (C=O) groups is 2. The SMILES string of the molecule is COc1ccc(NC(=O)c2ccccc2)c(C(Nc2ccc(C(=N)N)cc2)C(=O)NCc2ccccc2)c1. The summed E-state index contributed by atoms with van der Waals surface area (Å²) in [4.78, 5) is 26.6. The molecule has 4 aromatic carbocycles. The van der Waals surface area contributed by atoms with Crippen LogP contribution < -0.4 is 26.4 Å². The highest BCUT2D eigenvalue weighted by Crippen LogP contribution is 2.31. The molecule has 0 spiro atoms. The first-order chi connectivity index (χ1) is 18.4. The summed E-state index contributed by atoms with van der Waals surface area (Å²) < 4.78 is 5.44. The third kappa shape index (κ3) is 6.55. The van der Waals surface area contributed by atoms with Gasteiger partial charge in [0.05, 0.1) is 7.11 Å². The van der Waals surface area contributed by atoms with Gasteiger partial charge in [-0.15, -0.1) is 0 Å². The summed E-state index contributed by atoms with van der Waals surface area (Å²) in [5, 5.41) is 16.8. The zero-order chi connectivity index (χ0) is 26.9. The molecule has 1 unspecified atom stereocenters. The number of hydrogen-bond acceptors (Lipinski definition) is 5. The molecule has 1 atom stereocenters. The van der Waals surface area contributed by atoms with Gasteiger partial charge in [0.15, 0.2) is 0 Å². The standard InChI is InChI=1S/C30H29N5O3/c1-38-24-16-17-26(35-29(36)22-10-6-3-7-11-22)25(18-24)27(30(37)33-19-20-8-4-2-5-9-20)34-23-14-12-21(13-15-23)28(31)32/h2-18,27,34H,19H2,1H3,(H3,31,32)(H,33,37)(H,35,36). The highest BCUT2D eigenvalue weighted by atomic mass is 16.5. The Morgan fingerprint density at radius 3 is 2.16 bits per heavy atom. The molecule has 0 aromatic heterocycles. The lowest BCUT2D eigenvalue weighted by molar-refractivity contribution is -0.122. The van der Waals surface area contributed by atoms with Crippen molar-refractivity contribution in [1.82, 2.24) is 5.32 Å². The van der Waals surface area contributed by atoms with Gasteiger partial charge in [-0.3, -0.25) is 15.0 Å². The van der Waals surface area contributed by atoms with Crippen LogP contribution in [0.5, 0.6) is 5.75 Å². The molecule has 0 fully saturated rings. The Morgan fingerprint density at radius 2 is 1.53 bits per heavy atom. The lowest BCUT2D eigenvalue weighted by atomic mass is 10.0. The predicted octanol–water partition coefficient (Wildman–Crippen LogP) is 4.70. The van der Waals surface area contributed by atoms with Crippen molar-refractivity contribution in [2.75, 3.05) is 17.7 Å². The number of ether oxygens (including phenoxy) is 1. The molecule has 8 heteroatoms. The number of rotatable bonds is 10. The maximum absolute atomic E-state index is 13.6. The summed E-state index contributed by atoms with van der Waals surface area (Å²) in [5.74, 6) is -0.112. The molecule has 4 rings (SSSR count). The number of benzene rings is 4. The lowest BCUT2D eigenvalue weighted by Crippen LogP contribution is -2.34. The minimum absolute atomic E-state index is 0.0487. The Bertz CT molecular complexity index is 1410. The number of amides is 2.